The Morgan fingerprint density at radius 1 is 0.960 bits per heavy atom. The Morgan fingerprint density at radius 2 is 1.52 bits per heavy atom. The Labute approximate surface area is 152 Å². The third kappa shape index (κ3) is 5.72. The van der Waals surface area contributed by atoms with E-state index in [0.717, 1.165) is 12.8 Å². The molecule has 1 aliphatic rings. The molecule has 1 atom stereocenters. The maximum atomic E-state index is 12.8. The van der Waals surface area contributed by atoms with Crippen LogP contribution in [0.2, 0.25) is 0 Å². The van der Waals surface area contributed by atoms with E-state index in [0.29, 0.717) is 30.3 Å². The molecule has 0 saturated heterocycles. The minimum atomic E-state index is -0.702. The maximum Gasteiger partial charge on any atom is 0.180 e. The molecule has 1 aliphatic carbocycles. The molecular formula is C21H34O4. The topological polar surface area (TPSA) is 74.6 Å². The van der Waals surface area contributed by atoms with Crippen LogP contribution in [0.4, 0.5) is 0 Å². The summed E-state index contributed by atoms with van der Waals surface area (Å²) in [7, 11) is 0. The molecule has 25 heavy (non-hydrogen) atoms. The number of Topliss-reactive ketones (excluding diaryl/α,β-unsaturated/α-hetero) is 2. The fourth-order valence-electron chi connectivity index (χ4n) is 3.09. The van der Waals surface area contributed by atoms with Crippen molar-refractivity contribution in [1.82, 2.24) is 0 Å². The molecule has 0 aromatic carbocycles. The number of hydrogen-bond donors (Lipinski definition) is 2. The van der Waals surface area contributed by atoms with Gasteiger partial charge in [0.25, 0.3) is 0 Å². The van der Waals surface area contributed by atoms with E-state index in [1.807, 2.05) is 13.8 Å². The zero-order valence-electron chi connectivity index (χ0n) is 16.6. The minimum Gasteiger partial charge on any atom is -0.511 e. The standard InChI is InChI=1S/C21H34O4/c1-12(2)7-9-15-19(23)16(10-8-13(3)4)21(25)18(20(15)24)17(22)11-14(5)6/h12-15,23,25H,7-11H2,1-6H3. The van der Waals surface area contributed by atoms with E-state index < -0.39 is 11.7 Å². The molecule has 0 bridgehead atoms. The number of ketones is 2. The highest BCUT2D eigenvalue weighted by Crippen LogP contribution is 2.36. The fraction of sp³-hybridized carbons (Fsp3) is 0.714. The van der Waals surface area contributed by atoms with Crippen molar-refractivity contribution in [2.75, 3.05) is 0 Å². The van der Waals surface area contributed by atoms with Crippen molar-refractivity contribution in [3.05, 3.63) is 22.7 Å². The van der Waals surface area contributed by atoms with Crippen LogP contribution in [0, 0.1) is 23.7 Å². The zero-order chi connectivity index (χ0) is 19.3. The van der Waals surface area contributed by atoms with E-state index >= 15 is 0 Å². The molecule has 0 radical (unpaired) electrons. The second-order valence-electron chi connectivity index (χ2n) is 8.43. The van der Waals surface area contributed by atoms with Crippen molar-refractivity contribution < 1.29 is 19.8 Å². The van der Waals surface area contributed by atoms with E-state index in [-0.39, 0.29) is 35.2 Å². The number of aliphatic hydroxyl groups excluding tert-OH is 2. The molecule has 142 valence electrons. The summed E-state index contributed by atoms with van der Waals surface area (Å²) in [6.07, 6.45) is 2.75. The number of carbonyl (C=O) groups excluding carboxylic acids is 2. The molecule has 4 heteroatoms. The average molecular weight is 350 g/mol. The minimum absolute atomic E-state index is 0.0371. The van der Waals surface area contributed by atoms with Gasteiger partial charge in [-0.25, -0.2) is 0 Å². The lowest BCUT2D eigenvalue weighted by Crippen LogP contribution is -2.31. The van der Waals surface area contributed by atoms with Gasteiger partial charge in [-0.05, 0) is 43.4 Å². The predicted molar refractivity (Wildman–Crippen MR) is 100 cm³/mol. The van der Waals surface area contributed by atoms with Crippen LogP contribution >= 0.6 is 0 Å². The number of rotatable bonds is 9. The monoisotopic (exact) mass is 350 g/mol. The summed E-state index contributed by atoms with van der Waals surface area (Å²) < 4.78 is 0. The SMILES string of the molecule is CC(C)CCC1=C(O)C(CCC(C)C)C(=O)C(C(=O)CC(C)C)=C1O. The second kappa shape index (κ2) is 9.21. The molecule has 4 nitrogen and oxygen atoms in total. The highest BCUT2D eigenvalue weighted by molar-refractivity contribution is 6.23. The molecular weight excluding hydrogens is 316 g/mol. The summed E-state index contributed by atoms with van der Waals surface area (Å²) in [6, 6.07) is 0. The number of hydrogen-bond acceptors (Lipinski definition) is 4. The molecule has 0 aliphatic heterocycles. The summed E-state index contributed by atoms with van der Waals surface area (Å²) in [4.78, 5) is 25.4. The normalized spacial score (nSPS) is 18.9. The van der Waals surface area contributed by atoms with Gasteiger partial charge >= 0.3 is 0 Å². The van der Waals surface area contributed by atoms with Crippen molar-refractivity contribution in [2.45, 2.75) is 73.6 Å². The fourth-order valence-corrected chi connectivity index (χ4v) is 3.09. The molecule has 0 saturated carbocycles. The molecule has 0 spiro atoms. The van der Waals surface area contributed by atoms with E-state index in [9.17, 15) is 19.8 Å². The Morgan fingerprint density at radius 3 is 2.00 bits per heavy atom. The average Bonchev–Trinajstić information content (AvgIpc) is 2.45. The first-order chi connectivity index (χ1) is 11.6. The van der Waals surface area contributed by atoms with Gasteiger partial charge in [0, 0.05) is 12.0 Å². The van der Waals surface area contributed by atoms with Gasteiger partial charge < -0.3 is 10.2 Å². The van der Waals surface area contributed by atoms with Crippen LogP contribution < -0.4 is 0 Å². The van der Waals surface area contributed by atoms with Crippen LogP contribution in [0.15, 0.2) is 22.7 Å². The molecule has 1 rings (SSSR count). The van der Waals surface area contributed by atoms with Crippen molar-refractivity contribution in [1.29, 1.82) is 0 Å². The molecule has 0 aromatic rings. The van der Waals surface area contributed by atoms with E-state index in [2.05, 4.69) is 27.7 Å². The van der Waals surface area contributed by atoms with Gasteiger partial charge in [-0.2, -0.15) is 0 Å². The first kappa shape index (κ1) is 21.5. The molecule has 0 amide bonds. The summed E-state index contributed by atoms with van der Waals surface area (Å²) in [6.45, 7) is 12.1. The Bertz CT molecular complexity index is 564. The van der Waals surface area contributed by atoms with Crippen LogP contribution in [0.1, 0.15) is 73.6 Å². The van der Waals surface area contributed by atoms with E-state index in [1.54, 1.807) is 0 Å². The van der Waals surface area contributed by atoms with Crippen molar-refractivity contribution in [2.24, 2.45) is 23.7 Å². The van der Waals surface area contributed by atoms with E-state index in [4.69, 9.17) is 0 Å². The zero-order valence-corrected chi connectivity index (χ0v) is 16.6. The predicted octanol–water partition coefficient (Wildman–Crippen LogP) is 5.30. The summed E-state index contributed by atoms with van der Waals surface area (Å²) in [5.41, 5.74) is 0.285. The van der Waals surface area contributed by atoms with Gasteiger partial charge in [-0.3, -0.25) is 9.59 Å². The van der Waals surface area contributed by atoms with Gasteiger partial charge in [-0.1, -0.05) is 41.5 Å². The second-order valence-corrected chi connectivity index (χ2v) is 8.43. The number of carbonyl (C=O) groups is 2. The number of allylic oxidation sites excluding steroid dienone is 3. The third-order valence-electron chi connectivity index (χ3n) is 4.60. The first-order valence-corrected chi connectivity index (χ1v) is 9.49. The van der Waals surface area contributed by atoms with Crippen LogP contribution in [0.5, 0.6) is 0 Å². The first-order valence-electron chi connectivity index (χ1n) is 9.49. The van der Waals surface area contributed by atoms with Gasteiger partial charge in [-0.15, -0.1) is 0 Å². The molecule has 1 unspecified atom stereocenters. The smallest absolute Gasteiger partial charge is 0.180 e. The molecule has 2 N–H and O–H groups in total. The van der Waals surface area contributed by atoms with Crippen LogP contribution in [-0.2, 0) is 9.59 Å². The quantitative estimate of drug-likeness (QED) is 0.554. The van der Waals surface area contributed by atoms with Gasteiger partial charge in [0.05, 0.1) is 5.92 Å². The van der Waals surface area contributed by atoms with Crippen molar-refractivity contribution in [3.63, 3.8) is 0 Å². The van der Waals surface area contributed by atoms with Gasteiger partial charge in [0.1, 0.15) is 17.1 Å². The van der Waals surface area contributed by atoms with Gasteiger partial charge in [0.15, 0.2) is 11.6 Å². The Kier molecular flexibility index (Phi) is 7.91. The third-order valence-corrected chi connectivity index (χ3v) is 4.60. The molecule has 0 heterocycles. The Hall–Kier alpha value is -1.58. The summed E-state index contributed by atoms with van der Waals surface area (Å²) in [5.74, 6) is -0.876. The lowest BCUT2D eigenvalue weighted by atomic mass is 9.78. The molecule has 0 aromatic heterocycles. The Balaban J connectivity index is 3.26. The highest BCUT2D eigenvalue weighted by Gasteiger charge is 2.39. The van der Waals surface area contributed by atoms with Crippen LogP contribution in [0.3, 0.4) is 0 Å². The summed E-state index contributed by atoms with van der Waals surface area (Å²) >= 11 is 0. The van der Waals surface area contributed by atoms with Gasteiger partial charge in [0.2, 0.25) is 0 Å². The van der Waals surface area contributed by atoms with Crippen LogP contribution in [0.25, 0.3) is 0 Å². The van der Waals surface area contributed by atoms with E-state index in [1.165, 1.54) is 0 Å². The van der Waals surface area contributed by atoms with Crippen LogP contribution in [-0.4, -0.2) is 21.8 Å². The maximum absolute atomic E-state index is 12.8. The molecule has 0 fully saturated rings. The van der Waals surface area contributed by atoms with Crippen molar-refractivity contribution in [3.8, 4) is 0 Å². The number of aliphatic hydroxyl groups is 2. The highest BCUT2D eigenvalue weighted by atomic mass is 16.3. The summed E-state index contributed by atoms with van der Waals surface area (Å²) in [5, 5.41) is 21.2. The van der Waals surface area contributed by atoms with Crippen molar-refractivity contribution >= 4 is 11.6 Å². The largest absolute Gasteiger partial charge is 0.511 e. The lowest BCUT2D eigenvalue weighted by molar-refractivity contribution is -0.124. The lowest BCUT2D eigenvalue weighted by Gasteiger charge is -2.26.